The van der Waals surface area contributed by atoms with Crippen LogP contribution in [0.5, 0.6) is 0 Å². The fraction of sp³-hybridized carbons (Fsp3) is 0.333. The molecule has 0 heterocycles. The molecule has 0 aliphatic rings. The third-order valence-electron chi connectivity index (χ3n) is 0.632. The van der Waals surface area contributed by atoms with E-state index in [1.165, 1.54) is 0 Å². The van der Waals surface area contributed by atoms with E-state index in [4.69, 9.17) is 0 Å². The Labute approximate surface area is 76.6 Å². The molecule has 11 heavy (non-hydrogen) atoms. The van der Waals surface area contributed by atoms with E-state index in [2.05, 4.69) is 29.1 Å². The number of rotatable bonds is 2. The molecule has 0 bridgehead atoms. The standard InChI is InChI=1S/C7H8BrF.C2H6/c1-5(2)4-7(8)6(3)9;1-2/h4H,1,3H2,2H3;1-2H3/b7-4+;. The lowest BCUT2D eigenvalue weighted by atomic mass is 10.3. The van der Waals surface area contributed by atoms with Gasteiger partial charge in [-0.05, 0) is 28.9 Å². The van der Waals surface area contributed by atoms with Crippen molar-refractivity contribution in [1.82, 2.24) is 0 Å². The van der Waals surface area contributed by atoms with Crippen molar-refractivity contribution < 1.29 is 4.39 Å². The third-order valence-corrected chi connectivity index (χ3v) is 1.29. The second-order valence-electron chi connectivity index (χ2n) is 1.74. The van der Waals surface area contributed by atoms with Crippen LogP contribution in [-0.4, -0.2) is 0 Å². The summed E-state index contributed by atoms with van der Waals surface area (Å²) in [5.74, 6) is -0.474. The van der Waals surface area contributed by atoms with Gasteiger partial charge in [-0.1, -0.05) is 32.6 Å². The van der Waals surface area contributed by atoms with Gasteiger partial charge in [-0.3, -0.25) is 0 Å². The molecule has 0 saturated heterocycles. The summed E-state index contributed by atoms with van der Waals surface area (Å²) < 4.78 is 12.5. The molecule has 0 atom stereocenters. The van der Waals surface area contributed by atoms with Crippen LogP contribution in [0.1, 0.15) is 20.8 Å². The quantitative estimate of drug-likeness (QED) is 0.608. The Hall–Kier alpha value is -0.370. The molecule has 0 saturated carbocycles. The monoisotopic (exact) mass is 220 g/mol. The van der Waals surface area contributed by atoms with Gasteiger partial charge in [0.15, 0.2) is 0 Å². The second-order valence-corrected chi connectivity index (χ2v) is 2.60. The first-order valence-electron chi connectivity index (χ1n) is 3.41. The highest BCUT2D eigenvalue weighted by Crippen LogP contribution is 2.17. The summed E-state index contributed by atoms with van der Waals surface area (Å²) in [5, 5.41) is 0. The van der Waals surface area contributed by atoms with Crippen molar-refractivity contribution >= 4 is 15.9 Å². The Bertz CT molecular complexity index is 168. The fourth-order valence-corrected chi connectivity index (χ4v) is 0.685. The van der Waals surface area contributed by atoms with E-state index in [9.17, 15) is 4.39 Å². The first kappa shape index (κ1) is 13.2. The van der Waals surface area contributed by atoms with Crippen molar-refractivity contribution in [3.05, 3.63) is 35.1 Å². The molecule has 0 aliphatic heterocycles. The lowest BCUT2D eigenvalue weighted by molar-refractivity contribution is 0.668. The van der Waals surface area contributed by atoms with Gasteiger partial charge >= 0.3 is 0 Å². The Morgan fingerprint density at radius 3 is 1.82 bits per heavy atom. The van der Waals surface area contributed by atoms with Crippen LogP contribution in [0.25, 0.3) is 0 Å². The van der Waals surface area contributed by atoms with Gasteiger partial charge in [-0.2, -0.15) is 0 Å². The van der Waals surface area contributed by atoms with Crippen molar-refractivity contribution in [3.63, 3.8) is 0 Å². The molecule has 0 aromatic carbocycles. The minimum absolute atomic E-state index is 0.356. The van der Waals surface area contributed by atoms with E-state index in [0.717, 1.165) is 5.57 Å². The van der Waals surface area contributed by atoms with Gasteiger partial charge in [0.05, 0.1) is 4.48 Å². The number of halogens is 2. The van der Waals surface area contributed by atoms with E-state index in [1.54, 1.807) is 13.0 Å². The van der Waals surface area contributed by atoms with Crippen molar-refractivity contribution in [2.45, 2.75) is 20.8 Å². The van der Waals surface area contributed by atoms with Crippen LogP contribution in [0.3, 0.4) is 0 Å². The molecule has 0 aliphatic carbocycles. The summed E-state index contributed by atoms with van der Waals surface area (Å²) in [5.41, 5.74) is 0.792. The maximum absolute atomic E-state index is 12.1. The van der Waals surface area contributed by atoms with Crippen molar-refractivity contribution in [2.75, 3.05) is 0 Å². The van der Waals surface area contributed by atoms with Gasteiger partial charge in [0, 0.05) is 0 Å². The summed E-state index contributed by atoms with van der Waals surface area (Å²) in [6.45, 7) is 12.4. The molecular formula is C9H14BrF. The molecule has 0 rings (SSSR count). The Balaban J connectivity index is 0. The molecule has 0 radical (unpaired) electrons. The molecular weight excluding hydrogens is 207 g/mol. The summed E-state index contributed by atoms with van der Waals surface area (Å²) in [6.07, 6.45) is 1.57. The highest BCUT2D eigenvalue weighted by molar-refractivity contribution is 9.11. The smallest absolute Gasteiger partial charge is 0.130 e. The minimum Gasteiger partial charge on any atom is -0.206 e. The predicted octanol–water partition coefficient (Wildman–Crippen LogP) is 4.35. The first-order chi connectivity index (χ1) is 5.04. The molecule has 0 nitrogen and oxygen atoms in total. The zero-order chi connectivity index (χ0) is 9.44. The molecule has 0 aromatic rings. The lowest BCUT2D eigenvalue weighted by Gasteiger charge is -1.90. The summed E-state index contributed by atoms with van der Waals surface area (Å²) >= 11 is 2.97. The number of allylic oxidation sites excluding steroid dienone is 4. The van der Waals surface area contributed by atoms with Gasteiger partial charge in [0.1, 0.15) is 5.83 Å². The van der Waals surface area contributed by atoms with Crippen LogP contribution in [0.4, 0.5) is 4.39 Å². The molecule has 0 N–H and O–H groups in total. The maximum atomic E-state index is 12.1. The Kier molecular flexibility index (Phi) is 9.31. The number of hydrogen-bond acceptors (Lipinski definition) is 0. The zero-order valence-electron chi connectivity index (χ0n) is 7.25. The molecule has 2 heteroatoms. The second kappa shape index (κ2) is 7.73. The molecule has 0 unspecified atom stereocenters. The van der Waals surface area contributed by atoms with E-state index in [1.807, 2.05) is 13.8 Å². The van der Waals surface area contributed by atoms with Gasteiger partial charge in [0.2, 0.25) is 0 Å². The van der Waals surface area contributed by atoms with Crippen LogP contribution in [-0.2, 0) is 0 Å². The minimum atomic E-state index is -0.474. The van der Waals surface area contributed by atoms with E-state index < -0.39 is 5.83 Å². The highest BCUT2D eigenvalue weighted by atomic mass is 79.9. The Morgan fingerprint density at radius 1 is 1.36 bits per heavy atom. The maximum Gasteiger partial charge on any atom is 0.130 e. The zero-order valence-corrected chi connectivity index (χ0v) is 8.83. The van der Waals surface area contributed by atoms with E-state index in [-0.39, 0.29) is 0 Å². The van der Waals surface area contributed by atoms with Crippen molar-refractivity contribution in [3.8, 4) is 0 Å². The van der Waals surface area contributed by atoms with E-state index in [0.29, 0.717) is 4.48 Å². The van der Waals surface area contributed by atoms with Gasteiger partial charge in [-0.25, -0.2) is 4.39 Å². The van der Waals surface area contributed by atoms with Gasteiger partial charge in [0.25, 0.3) is 0 Å². The summed E-state index contributed by atoms with van der Waals surface area (Å²) in [4.78, 5) is 0. The van der Waals surface area contributed by atoms with Crippen molar-refractivity contribution in [2.24, 2.45) is 0 Å². The van der Waals surface area contributed by atoms with Crippen LogP contribution >= 0.6 is 15.9 Å². The SMILES string of the molecule is C=C(C)/C=C(/Br)C(=C)F.CC. The van der Waals surface area contributed by atoms with Gasteiger partial charge < -0.3 is 0 Å². The number of hydrogen-bond donors (Lipinski definition) is 0. The molecule has 64 valence electrons. The van der Waals surface area contributed by atoms with E-state index >= 15 is 0 Å². The summed E-state index contributed by atoms with van der Waals surface area (Å²) in [7, 11) is 0. The topological polar surface area (TPSA) is 0 Å². The van der Waals surface area contributed by atoms with Crippen molar-refractivity contribution in [1.29, 1.82) is 0 Å². The molecule has 0 fully saturated rings. The van der Waals surface area contributed by atoms with Crippen LogP contribution in [0, 0.1) is 0 Å². The predicted molar refractivity (Wildman–Crippen MR) is 53.4 cm³/mol. The Morgan fingerprint density at radius 2 is 1.73 bits per heavy atom. The highest BCUT2D eigenvalue weighted by Gasteiger charge is 1.93. The molecule has 0 spiro atoms. The molecule has 0 aromatic heterocycles. The summed E-state index contributed by atoms with van der Waals surface area (Å²) in [6, 6.07) is 0. The van der Waals surface area contributed by atoms with Gasteiger partial charge in [-0.15, -0.1) is 0 Å². The van der Waals surface area contributed by atoms with Crippen LogP contribution in [0.2, 0.25) is 0 Å². The average molecular weight is 221 g/mol. The normalized spacial score (nSPS) is 9.73. The fourth-order valence-electron chi connectivity index (χ4n) is 0.295. The van der Waals surface area contributed by atoms with Crippen LogP contribution in [0.15, 0.2) is 35.1 Å². The van der Waals surface area contributed by atoms with Crippen LogP contribution < -0.4 is 0 Å². The lowest BCUT2D eigenvalue weighted by Crippen LogP contribution is -1.70. The first-order valence-corrected chi connectivity index (χ1v) is 4.21. The average Bonchev–Trinajstić information content (AvgIpc) is 1.90. The molecule has 0 amide bonds. The third kappa shape index (κ3) is 9.63. The largest absolute Gasteiger partial charge is 0.206 e.